The van der Waals surface area contributed by atoms with Gasteiger partial charge in [0.2, 0.25) is 5.91 Å². The number of aromatic amines is 1. The molecule has 0 bridgehead atoms. The molecule has 0 spiro atoms. The Kier molecular flexibility index (Phi) is 5.72. The van der Waals surface area contributed by atoms with Gasteiger partial charge in [0, 0.05) is 40.7 Å². The number of nitrogens with zero attached hydrogens (tertiary/aromatic N) is 2. The molecule has 2 aromatic heterocycles. The average Bonchev–Trinajstić information content (AvgIpc) is 3.23. The molecule has 2 N–H and O–H groups in total. The molecule has 1 amide bonds. The molecule has 2 aromatic carbocycles. The van der Waals surface area contributed by atoms with Crippen LogP contribution in [0.25, 0.3) is 22.6 Å². The van der Waals surface area contributed by atoms with Crippen molar-refractivity contribution in [2.24, 2.45) is 0 Å². The van der Waals surface area contributed by atoms with Crippen LogP contribution in [0.3, 0.4) is 0 Å². The second-order valence-electron chi connectivity index (χ2n) is 6.56. The van der Waals surface area contributed by atoms with Crippen LogP contribution in [0.4, 0.5) is 5.69 Å². The quantitative estimate of drug-likeness (QED) is 0.484. The zero-order chi connectivity index (χ0) is 20.9. The van der Waals surface area contributed by atoms with Crippen LogP contribution in [0, 0.1) is 0 Å². The second-order valence-corrected chi connectivity index (χ2v) is 7.00. The third-order valence-electron chi connectivity index (χ3n) is 4.37. The standard InChI is InChI=1S/C22H17ClN4O3/c23-16-6-4-14(5-7-16)19-13-24-22(30-19)11-10-20(28)25-17-3-1-2-15(12-17)18-8-9-21(29)27-26-18/h1-9,12-13H,10-11H2,(H,25,28)(H,27,29). The number of carbonyl (C=O) groups excluding carboxylic acids is 1. The number of hydrogen-bond acceptors (Lipinski definition) is 5. The smallest absolute Gasteiger partial charge is 0.264 e. The Bertz CT molecular complexity index is 1210. The number of anilines is 1. The van der Waals surface area contributed by atoms with Gasteiger partial charge in [-0.2, -0.15) is 5.10 Å². The fourth-order valence-electron chi connectivity index (χ4n) is 2.88. The van der Waals surface area contributed by atoms with E-state index in [9.17, 15) is 9.59 Å². The first kappa shape index (κ1) is 19.6. The first-order valence-electron chi connectivity index (χ1n) is 9.23. The van der Waals surface area contributed by atoms with E-state index in [2.05, 4.69) is 20.5 Å². The minimum absolute atomic E-state index is 0.159. The average molecular weight is 421 g/mol. The summed E-state index contributed by atoms with van der Waals surface area (Å²) in [6.45, 7) is 0. The lowest BCUT2D eigenvalue weighted by Gasteiger charge is -2.06. The van der Waals surface area contributed by atoms with Gasteiger partial charge in [-0.05, 0) is 42.5 Å². The van der Waals surface area contributed by atoms with Gasteiger partial charge in [-0.1, -0.05) is 23.7 Å². The van der Waals surface area contributed by atoms with E-state index in [0.717, 1.165) is 11.1 Å². The Labute approximate surface area is 176 Å². The van der Waals surface area contributed by atoms with E-state index in [-0.39, 0.29) is 17.9 Å². The Balaban J connectivity index is 1.36. The highest BCUT2D eigenvalue weighted by molar-refractivity contribution is 6.30. The maximum Gasteiger partial charge on any atom is 0.264 e. The fourth-order valence-corrected chi connectivity index (χ4v) is 3.00. The van der Waals surface area contributed by atoms with Crippen LogP contribution in [0.2, 0.25) is 5.02 Å². The number of benzene rings is 2. The lowest BCUT2D eigenvalue weighted by atomic mass is 10.1. The van der Waals surface area contributed by atoms with Gasteiger partial charge in [-0.3, -0.25) is 9.59 Å². The fraction of sp³-hybridized carbons (Fsp3) is 0.0909. The zero-order valence-electron chi connectivity index (χ0n) is 15.8. The summed E-state index contributed by atoms with van der Waals surface area (Å²) < 4.78 is 5.73. The number of aromatic nitrogens is 3. The topological polar surface area (TPSA) is 101 Å². The number of rotatable bonds is 6. The highest BCUT2D eigenvalue weighted by Crippen LogP contribution is 2.23. The summed E-state index contributed by atoms with van der Waals surface area (Å²) in [6, 6.07) is 17.5. The Morgan fingerprint density at radius 2 is 1.90 bits per heavy atom. The zero-order valence-corrected chi connectivity index (χ0v) is 16.5. The lowest BCUT2D eigenvalue weighted by Crippen LogP contribution is -2.12. The molecule has 4 aromatic rings. The molecule has 8 heteroatoms. The molecule has 0 aliphatic heterocycles. The maximum absolute atomic E-state index is 12.3. The minimum Gasteiger partial charge on any atom is -0.441 e. The molecule has 0 fully saturated rings. The van der Waals surface area contributed by atoms with Crippen molar-refractivity contribution in [1.29, 1.82) is 0 Å². The van der Waals surface area contributed by atoms with E-state index >= 15 is 0 Å². The molecule has 0 aliphatic rings. The molecular weight excluding hydrogens is 404 g/mol. The van der Waals surface area contributed by atoms with Crippen LogP contribution in [-0.4, -0.2) is 21.1 Å². The Hall–Kier alpha value is -3.71. The van der Waals surface area contributed by atoms with Crippen molar-refractivity contribution >= 4 is 23.2 Å². The summed E-state index contributed by atoms with van der Waals surface area (Å²) in [4.78, 5) is 27.7. The van der Waals surface area contributed by atoms with E-state index in [0.29, 0.717) is 34.5 Å². The number of halogens is 1. The predicted molar refractivity (Wildman–Crippen MR) is 114 cm³/mol. The number of H-pyrrole nitrogens is 1. The van der Waals surface area contributed by atoms with Crippen molar-refractivity contribution in [3.8, 4) is 22.6 Å². The van der Waals surface area contributed by atoms with Crippen LogP contribution >= 0.6 is 11.6 Å². The maximum atomic E-state index is 12.3. The Morgan fingerprint density at radius 1 is 1.07 bits per heavy atom. The van der Waals surface area contributed by atoms with Crippen LogP contribution in [0.1, 0.15) is 12.3 Å². The Morgan fingerprint density at radius 3 is 2.67 bits per heavy atom. The van der Waals surface area contributed by atoms with Gasteiger partial charge < -0.3 is 9.73 Å². The van der Waals surface area contributed by atoms with Crippen molar-refractivity contribution < 1.29 is 9.21 Å². The van der Waals surface area contributed by atoms with Gasteiger partial charge in [0.1, 0.15) is 0 Å². The van der Waals surface area contributed by atoms with Crippen LogP contribution < -0.4 is 10.9 Å². The number of aryl methyl sites for hydroxylation is 1. The van der Waals surface area contributed by atoms with Crippen molar-refractivity contribution in [3.63, 3.8) is 0 Å². The predicted octanol–water partition coefficient (Wildman–Crippen LogP) is 4.32. The van der Waals surface area contributed by atoms with Gasteiger partial charge in [0.15, 0.2) is 11.7 Å². The van der Waals surface area contributed by atoms with Crippen LogP contribution in [0.15, 0.2) is 76.1 Å². The molecule has 0 unspecified atom stereocenters. The SMILES string of the molecule is O=C(CCc1ncc(-c2ccc(Cl)cc2)o1)Nc1cccc(-c2ccc(=O)[nH]n2)c1. The van der Waals surface area contributed by atoms with E-state index in [1.807, 2.05) is 24.3 Å². The summed E-state index contributed by atoms with van der Waals surface area (Å²) in [5, 5.41) is 9.90. The summed E-state index contributed by atoms with van der Waals surface area (Å²) in [5.74, 6) is 0.956. The molecule has 0 radical (unpaired) electrons. The van der Waals surface area contributed by atoms with Crippen molar-refractivity contribution in [2.75, 3.05) is 5.32 Å². The third-order valence-corrected chi connectivity index (χ3v) is 4.62. The number of oxazole rings is 1. The first-order chi connectivity index (χ1) is 14.6. The van der Waals surface area contributed by atoms with Crippen LogP contribution in [-0.2, 0) is 11.2 Å². The van der Waals surface area contributed by atoms with E-state index < -0.39 is 0 Å². The molecule has 2 heterocycles. The second kappa shape index (κ2) is 8.75. The largest absolute Gasteiger partial charge is 0.441 e. The molecule has 30 heavy (non-hydrogen) atoms. The minimum atomic E-state index is -0.269. The van der Waals surface area contributed by atoms with Gasteiger partial charge >= 0.3 is 0 Å². The summed E-state index contributed by atoms with van der Waals surface area (Å²) in [5.41, 5.74) is 2.63. The third kappa shape index (κ3) is 4.82. The van der Waals surface area contributed by atoms with Crippen LogP contribution in [0.5, 0.6) is 0 Å². The summed E-state index contributed by atoms with van der Waals surface area (Å²) >= 11 is 5.90. The molecule has 7 nitrogen and oxygen atoms in total. The van der Waals surface area contributed by atoms with E-state index in [1.165, 1.54) is 6.07 Å². The monoisotopic (exact) mass is 420 g/mol. The lowest BCUT2D eigenvalue weighted by molar-refractivity contribution is -0.116. The number of hydrogen-bond donors (Lipinski definition) is 2. The summed E-state index contributed by atoms with van der Waals surface area (Å²) in [6.07, 6.45) is 2.24. The molecule has 0 saturated carbocycles. The normalized spacial score (nSPS) is 10.7. The molecule has 4 rings (SSSR count). The number of amides is 1. The van der Waals surface area contributed by atoms with Gasteiger partial charge in [-0.25, -0.2) is 10.1 Å². The number of nitrogens with one attached hydrogen (secondary N) is 2. The van der Waals surface area contributed by atoms with Gasteiger partial charge in [-0.15, -0.1) is 0 Å². The highest BCUT2D eigenvalue weighted by Gasteiger charge is 2.10. The molecule has 150 valence electrons. The van der Waals surface area contributed by atoms with E-state index in [1.54, 1.807) is 36.5 Å². The van der Waals surface area contributed by atoms with Gasteiger partial charge in [0.05, 0.1) is 11.9 Å². The van der Waals surface area contributed by atoms with Crippen molar-refractivity contribution in [2.45, 2.75) is 12.8 Å². The summed E-state index contributed by atoms with van der Waals surface area (Å²) in [7, 11) is 0. The van der Waals surface area contributed by atoms with E-state index in [4.69, 9.17) is 16.0 Å². The van der Waals surface area contributed by atoms with Crippen molar-refractivity contribution in [3.05, 3.63) is 88.1 Å². The van der Waals surface area contributed by atoms with Crippen molar-refractivity contribution in [1.82, 2.24) is 15.2 Å². The first-order valence-corrected chi connectivity index (χ1v) is 9.61. The molecule has 0 atom stereocenters. The molecular formula is C22H17ClN4O3. The van der Waals surface area contributed by atoms with Gasteiger partial charge in [0.25, 0.3) is 5.56 Å². The molecule has 0 aliphatic carbocycles. The number of carbonyl (C=O) groups is 1. The highest BCUT2D eigenvalue weighted by atomic mass is 35.5. The molecule has 0 saturated heterocycles.